The van der Waals surface area contributed by atoms with E-state index in [0.29, 0.717) is 12.3 Å². The Labute approximate surface area is 149 Å². The Kier molecular flexibility index (Phi) is 3.87. The van der Waals surface area contributed by atoms with Gasteiger partial charge in [-0.2, -0.15) is 0 Å². The van der Waals surface area contributed by atoms with Crippen LogP contribution in [0.15, 0.2) is 83.3 Å². The lowest BCUT2D eigenvalue weighted by molar-refractivity contribution is 0.481. The standard InChI is InChI=1S/C21H16BrNO/c22-18-12-6-4-10-16(18)14-23-19-13-7-5-11-17(19)21(24)20(23)15-8-2-1-3-9-15/h1-13,24H,14H2. The molecule has 0 amide bonds. The molecule has 118 valence electrons. The Morgan fingerprint density at radius 3 is 2.25 bits per heavy atom. The minimum Gasteiger partial charge on any atom is -0.505 e. The average molecular weight is 378 g/mol. The van der Waals surface area contributed by atoms with Gasteiger partial charge in [0.2, 0.25) is 0 Å². The van der Waals surface area contributed by atoms with E-state index in [0.717, 1.165) is 26.6 Å². The van der Waals surface area contributed by atoms with Crippen LogP contribution in [-0.4, -0.2) is 9.67 Å². The third-order valence-electron chi connectivity index (χ3n) is 4.28. The van der Waals surface area contributed by atoms with Gasteiger partial charge in [-0.1, -0.05) is 76.6 Å². The Hall–Kier alpha value is -2.52. The van der Waals surface area contributed by atoms with E-state index in [-0.39, 0.29) is 0 Å². The van der Waals surface area contributed by atoms with Crippen LogP contribution in [0.3, 0.4) is 0 Å². The number of hydrogen-bond donors (Lipinski definition) is 1. The van der Waals surface area contributed by atoms with Crippen molar-refractivity contribution in [1.82, 2.24) is 4.57 Å². The highest BCUT2D eigenvalue weighted by atomic mass is 79.9. The molecule has 2 nitrogen and oxygen atoms in total. The fraction of sp³-hybridized carbons (Fsp3) is 0.0476. The van der Waals surface area contributed by atoms with Crippen LogP contribution in [0.2, 0.25) is 0 Å². The number of nitrogens with zero attached hydrogens (tertiary/aromatic N) is 1. The fourth-order valence-corrected chi connectivity index (χ4v) is 3.55. The van der Waals surface area contributed by atoms with Gasteiger partial charge in [-0.3, -0.25) is 0 Å². The molecule has 0 atom stereocenters. The Bertz CT molecular complexity index is 1000. The smallest absolute Gasteiger partial charge is 0.149 e. The van der Waals surface area contributed by atoms with Gasteiger partial charge < -0.3 is 9.67 Å². The molecule has 0 aliphatic rings. The Morgan fingerprint density at radius 2 is 1.46 bits per heavy atom. The number of benzene rings is 3. The maximum Gasteiger partial charge on any atom is 0.149 e. The predicted molar refractivity (Wildman–Crippen MR) is 102 cm³/mol. The molecule has 1 N–H and O–H groups in total. The first kappa shape index (κ1) is 15.0. The molecular formula is C21H16BrNO. The van der Waals surface area contributed by atoms with Crippen molar-refractivity contribution in [3.8, 4) is 17.0 Å². The summed E-state index contributed by atoms with van der Waals surface area (Å²) in [6, 6.07) is 26.2. The lowest BCUT2D eigenvalue weighted by Crippen LogP contribution is -2.02. The molecule has 0 bridgehead atoms. The second kappa shape index (κ2) is 6.17. The number of hydrogen-bond acceptors (Lipinski definition) is 1. The number of rotatable bonds is 3. The summed E-state index contributed by atoms with van der Waals surface area (Å²) < 4.78 is 3.25. The summed E-state index contributed by atoms with van der Waals surface area (Å²) in [5.41, 5.74) is 4.07. The first-order chi connectivity index (χ1) is 11.8. The summed E-state index contributed by atoms with van der Waals surface area (Å²) in [6.07, 6.45) is 0. The second-order valence-electron chi connectivity index (χ2n) is 5.76. The van der Waals surface area contributed by atoms with E-state index < -0.39 is 0 Å². The summed E-state index contributed by atoms with van der Waals surface area (Å²) in [5, 5.41) is 11.7. The van der Waals surface area contributed by atoms with E-state index in [9.17, 15) is 5.11 Å². The van der Waals surface area contributed by atoms with Crippen molar-refractivity contribution < 1.29 is 5.11 Å². The molecule has 4 rings (SSSR count). The molecule has 1 heterocycles. The molecule has 24 heavy (non-hydrogen) atoms. The predicted octanol–water partition coefficient (Wildman–Crippen LogP) is 5.82. The zero-order chi connectivity index (χ0) is 16.5. The van der Waals surface area contributed by atoms with Crippen molar-refractivity contribution in [1.29, 1.82) is 0 Å². The summed E-state index contributed by atoms with van der Waals surface area (Å²) in [6.45, 7) is 0.687. The average Bonchev–Trinajstić information content (AvgIpc) is 2.90. The molecule has 4 aromatic rings. The molecule has 0 spiro atoms. The zero-order valence-corrected chi connectivity index (χ0v) is 14.6. The van der Waals surface area contributed by atoms with Gasteiger partial charge >= 0.3 is 0 Å². The summed E-state index contributed by atoms with van der Waals surface area (Å²) >= 11 is 3.63. The summed E-state index contributed by atoms with van der Waals surface area (Å²) in [7, 11) is 0. The second-order valence-corrected chi connectivity index (χ2v) is 6.61. The third-order valence-corrected chi connectivity index (χ3v) is 5.05. The fourth-order valence-electron chi connectivity index (χ4n) is 3.13. The third kappa shape index (κ3) is 2.51. The summed E-state index contributed by atoms with van der Waals surface area (Å²) in [4.78, 5) is 0. The molecule has 0 saturated heterocycles. The van der Waals surface area contributed by atoms with Gasteiger partial charge in [0.25, 0.3) is 0 Å². The largest absolute Gasteiger partial charge is 0.505 e. The molecule has 0 aliphatic carbocycles. The monoisotopic (exact) mass is 377 g/mol. The molecule has 0 unspecified atom stereocenters. The van der Waals surface area contributed by atoms with Crippen LogP contribution in [0.25, 0.3) is 22.2 Å². The lowest BCUT2D eigenvalue weighted by Gasteiger charge is -2.12. The molecule has 0 radical (unpaired) electrons. The maximum absolute atomic E-state index is 10.8. The number of halogens is 1. The molecule has 0 aliphatic heterocycles. The quantitative estimate of drug-likeness (QED) is 0.477. The first-order valence-electron chi connectivity index (χ1n) is 7.84. The van der Waals surface area contributed by atoms with Gasteiger partial charge in [0.05, 0.1) is 11.2 Å². The van der Waals surface area contributed by atoms with Crippen molar-refractivity contribution in [2.45, 2.75) is 6.54 Å². The van der Waals surface area contributed by atoms with Gasteiger partial charge in [0.15, 0.2) is 0 Å². The van der Waals surface area contributed by atoms with Crippen LogP contribution in [0.5, 0.6) is 5.75 Å². The number of fused-ring (bicyclic) bond motifs is 1. The van der Waals surface area contributed by atoms with Gasteiger partial charge in [0.1, 0.15) is 5.75 Å². The van der Waals surface area contributed by atoms with Crippen LogP contribution in [-0.2, 0) is 6.54 Å². The van der Waals surface area contributed by atoms with Crippen LogP contribution < -0.4 is 0 Å². The lowest BCUT2D eigenvalue weighted by atomic mass is 10.1. The maximum atomic E-state index is 10.8. The summed E-state index contributed by atoms with van der Waals surface area (Å²) in [5.74, 6) is 0.337. The minimum atomic E-state index is 0.337. The van der Waals surface area contributed by atoms with Crippen LogP contribution in [0.4, 0.5) is 0 Å². The molecule has 1 aromatic heterocycles. The van der Waals surface area contributed by atoms with E-state index >= 15 is 0 Å². The van der Waals surface area contributed by atoms with Crippen molar-refractivity contribution in [2.75, 3.05) is 0 Å². The van der Waals surface area contributed by atoms with Crippen LogP contribution in [0, 0.1) is 0 Å². The van der Waals surface area contributed by atoms with Crippen molar-refractivity contribution in [3.05, 3.63) is 88.9 Å². The van der Waals surface area contributed by atoms with Crippen molar-refractivity contribution >= 4 is 26.8 Å². The molecule has 0 fully saturated rings. The van der Waals surface area contributed by atoms with E-state index in [1.807, 2.05) is 66.7 Å². The number of aromatic hydroxyl groups is 1. The first-order valence-corrected chi connectivity index (χ1v) is 8.64. The molecule has 3 heteroatoms. The van der Waals surface area contributed by atoms with E-state index in [1.165, 1.54) is 5.56 Å². The Morgan fingerprint density at radius 1 is 0.792 bits per heavy atom. The highest BCUT2D eigenvalue weighted by Crippen LogP contribution is 2.39. The molecule has 3 aromatic carbocycles. The zero-order valence-electron chi connectivity index (χ0n) is 13.0. The van der Waals surface area contributed by atoms with Gasteiger partial charge in [-0.25, -0.2) is 0 Å². The molecular weight excluding hydrogens is 362 g/mol. The van der Waals surface area contributed by atoms with E-state index in [4.69, 9.17) is 0 Å². The number of aromatic nitrogens is 1. The topological polar surface area (TPSA) is 25.2 Å². The minimum absolute atomic E-state index is 0.337. The molecule has 0 saturated carbocycles. The van der Waals surface area contributed by atoms with Crippen molar-refractivity contribution in [3.63, 3.8) is 0 Å². The Balaban J connectivity index is 1.98. The van der Waals surface area contributed by atoms with Crippen LogP contribution in [0.1, 0.15) is 5.56 Å². The van der Waals surface area contributed by atoms with Crippen molar-refractivity contribution in [2.24, 2.45) is 0 Å². The van der Waals surface area contributed by atoms with Gasteiger partial charge in [-0.05, 0) is 23.8 Å². The van der Waals surface area contributed by atoms with E-state index in [2.05, 4.69) is 32.6 Å². The normalized spacial score (nSPS) is 11.0. The number of para-hydroxylation sites is 1. The SMILES string of the molecule is Oc1c(-c2ccccc2)n(Cc2ccccc2Br)c2ccccc12. The van der Waals surface area contributed by atoms with E-state index in [1.54, 1.807) is 0 Å². The van der Waals surface area contributed by atoms with Gasteiger partial charge in [0, 0.05) is 22.0 Å². The highest BCUT2D eigenvalue weighted by Gasteiger charge is 2.18. The van der Waals surface area contributed by atoms with Gasteiger partial charge in [-0.15, -0.1) is 0 Å². The van der Waals surface area contributed by atoms with Crippen LogP contribution >= 0.6 is 15.9 Å². The highest BCUT2D eigenvalue weighted by molar-refractivity contribution is 9.10.